The number of aliphatic carboxylic acids is 1. The van der Waals surface area contributed by atoms with Crippen molar-refractivity contribution in [1.82, 2.24) is 0 Å². The molecule has 1 rings (SSSR count). The minimum Gasteiger partial charge on any atom is -0.481 e. The van der Waals surface area contributed by atoms with Gasteiger partial charge in [0, 0.05) is 0 Å². The van der Waals surface area contributed by atoms with Gasteiger partial charge in [-0.25, -0.2) is 0 Å². The van der Waals surface area contributed by atoms with Crippen molar-refractivity contribution in [3.05, 3.63) is 35.9 Å². The second kappa shape index (κ2) is 5.50. The first-order valence-electron chi connectivity index (χ1n) is 4.36. The van der Waals surface area contributed by atoms with E-state index < -0.39 is 19.2 Å². The fourth-order valence-electron chi connectivity index (χ4n) is 1.18. The molecule has 0 saturated carbocycles. The van der Waals surface area contributed by atoms with Crippen LogP contribution in [0.5, 0.6) is 0 Å². The summed E-state index contributed by atoms with van der Waals surface area (Å²) in [5.74, 6) is -1.96. The first kappa shape index (κ1) is 11.7. The van der Waals surface area contributed by atoms with Gasteiger partial charge >= 0.3 is 13.3 Å². The van der Waals surface area contributed by atoms with Gasteiger partial charge in [0.25, 0.3) is 0 Å². The third-order valence-corrected chi connectivity index (χ3v) is 1.91. The third kappa shape index (κ3) is 3.71. The molecule has 0 spiro atoms. The van der Waals surface area contributed by atoms with E-state index in [0.29, 0.717) is 5.56 Å². The number of hydrogen-bond acceptors (Lipinski definition) is 4. The molecular weight excluding hydrogens is 199 g/mol. The summed E-state index contributed by atoms with van der Waals surface area (Å²) in [6.07, 6.45) is 0. The Bertz CT molecular complexity index is 314. The molecule has 5 nitrogen and oxygen atoms in total. The molecule has 0 radical (unpaired) electrons. The molecule has 80 valence electrons. The molecule has 15 heavy (non-hydrogen) atoms. The normalized spacial score (nSPS) is 12.1. The molecule has 1 aromatic rings. The Balaban J connectivity index is 2.71. The van der Waals surface area contributed by atoms with Crippen LogP contribution in [-0.2, 0) is 9.45 Å². The van der Waals surface area contributed by atoms with E-state index >= 15 is 0 Å². The maximum absolute atomic E-state index is 10.9. The van der Waals surface area contributed by atoms with E-state index in [1.165, 1.54) is 0 Å². The lowest BCUT2D eigenvalue weighted by atomic mass is 10.00. The maximum atomic E-state index is 10.9. The molecule has 1 unspecified atom stereocenters. The molecule has 0 bridgehead atoms. The molecule has 0 aliphatic rings. The first-order valence-corrected chi connectivity index (χ1v) is 4.36. The van der Waals surface area contributed by atoms with Crippen LogP contribution in [0.15, 0.2) is 30.3 Å². The SMILES string of the molecule is O=C(O)C(COB(O)O)c1ccccc1. The third-order valence-electron chi connectivity index (χ3n) is 1.91. The molecule has 0 amide bonds. The fraction of sp³-hybridized carbons (Fsp3) is 0.222. The highest BCUT2D eigenvalue weighted by Gasteiger charge is 2.22. The summed E-state index contributed by atoms with van der Waals surface area (Å²) in [6.45, 7) is -0.281. The number of rotatable bonds is 5. The number of carboxylic acids is 1. The summed E-state index contributed by atoms with van der Waals surface area (Å²) in [5, 5.41) is 25.8. The lowest BCUT2D eigenvalue weighted by Crippen LogP contribution is -2.25. The zero-order valence-corrected chi connectivity index (χ0v) is 7.91. The Labute approximate surface area is 87.1 Å². The molecule has 0 fully saturated rings. The number of carbonyl (C=O) groups is 1. The van der Waals surface area contributed by atoms with Crippen LogP contribution in [0.3, 0.4) is 0 Å². The molecule has 1 atom stereocenters. The number of hydrogen-bond donors (Lipinski definition) is 3. The van der Waals surface area contributed by atoms with Gasteiger partial charge in [-0.15, -0.1) is 0 Å². The second-order valence-electron chi connectivity index (χ2n) is 2.96. The topological polar surface area (TPSA) is 87.0 Å². The Hall–Kier alpha value is -1.37. The van der Waals surface area contributed by atoms with E-state index in [1.807, 2.05) is 0 Å². The number of benzene rings is 1. The molecule has 0 aliphatic carbocycles. The summed E-state index contributed by atoms with van der Waals surface area (Å²) < 4.78 is 4.45. The van der Waals surface area contributed by atoms with Crippen LogP contribution in [0.25, 0.3) is 0 Å². The average Bonchev–Trinajstić information content (AvgIpc) is 2.18. The smallest absolute Gasteiger partial charge is 0.481 e. The summed E-state index contributed by atoms with van der Waals surface area (Å²) in [6, 6.07) is 8.48. The lowest BCUT2D eigenvalue weighted by Gasteiger charge is -2.12. The average molecular weight is 210 g/mol. The van der Waals surface area contributed by atoms with Crippen LogP contribution >= 0.6 is 0 Å². The van der Waals surface area contributed by atoms with Crippen LogP contribution in [0.1, 0.15) is 11.5 Å². The van der Waals surface area contributed by atoms with Crippen LogP contribution in [0.2, 0.25) is 0 Å². The van der Waals surface area contributed by atoms with Crippen molar-refractivity contribution in [1.29, 1.82) is 0 Å². The summed E-state index contributed by atoms with van der Waals surface area (Å²) in [5.41, 5.74) is 0.561. The molecule has 1 aromatic carbocycles. The maximum Gasteiger partial charge on any atom is 0.633 e. The quantitative estimate of drug-likeness (QED) is 0.587. The summed E-state index contributed by atoms with van der Waals surface area (Å²) in [7, 11) is -1.95. The Kier molecular flexibility index (Phi) is 4.29. The van der Waals surface area contributed by atoms with Crippen molar-refractivity contribution < 1.29 is 24.6 Å². The van der Waals surface area contributed by atoms with Crippen LogP contribution in [-0.4, -0.2) is 35.1 Å². The van der Waals surface area contributed by atoms with Gasteiger partial charge in [-0.05, 0) is 5.56 Å². The molecular formula is C9H11BO5. The molecule has 0 heterocycles. The molecule has 0 saturated heterocycles. The van der Waals surface area contributed by atoms with E-state index in [-0.39, 0.29) is 6.61 Å². The van der Waals surface area contributed by atoms with Crippen LogP contribution < -0.4 is 0 Å². The van der Waals surface area contributed by atoms with Crippen molar-refractivity contribution in [3.63, 3.8) is 0 Å². The van der Waals surface area contributed by atoms with E-state index in [4.69, 9.17) is 15.2 Å². The van der Waals surface area contributed by atoms with Gasteiger partial charge in [-0.3, -0.25) is 4.79 Å². The Morgan fingerprint density at radius 2 is 1.93 bits per heavy atom. The van der Waals surface area contributed by atoms with E-state index in [0.717, 1.165) is 0 Å². The van der Waals surface area contributed by atoms with Gasteiger partial charge in [0.05, 0.1) is 6.61 Å². The zero-order chi connectivity index (χ0) is 11.3. The van der Waals surface area contributed by atoms with Gasteiger partial charge in [0.2, 0.25) is 0 Å². The standard InChI is InChI=1S/C9H11BO5/c11-9(12)8(6-15-10(13)14)7-4-2-1-3-5-7/h1-5,8,13-14H,6H2,(H,11,12). The monoisotopic (exact) mass is 210 g/mol. The molecule has 6 heteroatoms. The summed E-state index contributed by atoms with van der Waals surface area (Å²) in [4.78, 5) is 10.9. The van der Waals surface area contributed by atoms with Crippen LogP contribution in [0.4, 0.5) is 0 Å². The van der Waals surface area contributed by atoms with Gasteiger partial charge < -0.3 is 19.8 Å². The summed E-state index contributed by atoms with van der Waals surface area (Å²) >= 11 is 0. The van der Waals surface area contributed by atoms with Crippen LogP contribution in [0, 0.1) is 0 Å². The first-order chi connectivity index (χ1) is 7.11. The predicted molar refractivity (Wildman–Crippen MR) is 53.0 cm³/mol. The van der Waals surface area contributed by atoms with Gasteiger partial charge in [-0.2, -0.15) is 0 Å². The Morgan fingerprint density at radius 3 is 2.40 bits per heavy atom. The minimum atomic E-state index is -1.95. The van der Waals surface area contributed by atoms with E-state index in [1.54, 1.807) is 30.3 Å². The van der Waals surface area contributed by atoms with Gasteiger partial charge in [0.1, 0.15) is 5.92 Å². The largest absolute Gasteiger partial charge is 0.633 e. The molecule has 0 aromatic heterocycles. The second-order valence-corrected chi connectivity index (χ2v) is 2.96. The lowest BCUT2D eigenvalue weighted by molar-refractivity contribution is -0.139. The van der Waals surface area contributed by atoms with Crippen molar-refractivity contribution in [3.8, 4) is 0 Å². The van der Waals surface area contributed by atoms with Gasteiger partial charge in [-0.1, -0.05) is 30.3 Å². The number of carboxylic acid groups (broad SMARTS) is 1. The zero-order valence-electron chi connectivity index (χ0n) is 7.91. The van der Waals surface area contributed by atoms with Crippen molar-refractivity contribution in [2.75, 3.05) is 6.61 Å². The highest BCUT2D eigenvalue weighted by Crippen LogP contribution is 2.16. The van der Waals surface area contributed by atoms with Crippen molar-refractivity contribution in [2.24, 2.45) is 0 Å². The van der Waals surface area contributed by atoms with Gasteiger partial charge in [0.15, 0.2) is 0 Å². The van der Waals surface area contributed by atoms with E-state index in [2.05, 4.69) is 4.65 Å². The highest BCUT2D eigenvalue weighted by molar-refractivity contribution is 6.32. The fourth-order valence-corrected chi connectivity index (χ4v) is 1.18. The van der Waals surface area contributed by atoms with E-state index in [9.17, 15) is 4.79 Å². The van der Waals surface area contributed by atoms with Crippen molar-refractivity contribution >= 4 is 13.3 Å². The predicted octanol–water partition coefficient (Wildman–Crippen LogP) is -0.159. The Morgan fingerprint density at radius 1 is 1.33 bits per heavy atom. The highest BCUT2D eigenvalue weighted by atomic mass is 16.6. The minimum absolute atomic E-state index is 0.281. The molecule has 3 N–H and O–H groups in total. The van der Waals surface area contributed by atoms with Crippen molar-refractivity contribution in [2.45, 2.75) is 5.92 Å². The molecule has 0 aliphatic heterocycles.